The van der Waals surface area contributed by atoms with Crippen LogP contribution in [0.2, 0.25) is 0 Å². The van der Waals surface area contributed by atoms with Crippen molar-refractivity contribution in [1.82, 2.24) is 10.2 Å². The van der Waals surface area contributed by atoms with Crippen LogP contribution in [0.4, 0.5) is 0 Å². The Morgan fingerprint density at radius 1 is 1.06 bits per heavy atom. The molecule has 0 heterocycles. The summed E-state index contributed by atoms with van der Waals surface area (Å²) >= 11 is 3.60. The number of nitrogens with zero attached hydrogens (tertiary/aromatic N) is 1. The molecule has 0 aromatic heterocycles. The minimum Gasteiger partial charge on any atom is -0.483 e. The number of hydrogen-bond donors (Lipinski definition) is 1. The summed E-state index contributed by atoms with van der Waals surface area (Å²) in [5.41, 5.74) is 1.67. The normalized spacial score (nSPS) is 12.3. The zero-order valence-corrected chi connectivity index (χ0v) is 21.4. The number of rotatable bonds is 7. The number of carbonyl (C=O) groups is 2. The van der Waals surface area contributed by atoms with E-state index >= 15 is 0 Å². The lowest BCUT2D eigenvalue weighted by atomic mass is 10.1. The van der Waals surface area contributed by atoms with Gasteiger partial charge in [-0.25, -0.2) is 0 Å². The smallest absolute Gasteiger partial charge is 0.261 e. The van der Waals surface area contributed by atoms with E-state index in [1.165, 1.54) is 0 Å². The van der Waals surface area contributed by atoms with Crippen LogP contribution in [0.5, 0.6) is 5.75 Å². The van der Waals surface area contributed by atoms with Crippen LogP contribution < -0.4 is 10.1 Å². The molecular formula is C27H31BrN2O3. The Kier molecular flexibility index (Phi) is 7.80. The standard InChI is InChI=1S/C27H31BrN2O3/c1-18-9-8-10-20(15-18)16-30(19(2)26(32)29-27(3,4)5)24(31)17-33-23-14-13-21-11-6-7-12-22(21)25(23)28/h6-15,19H,16-17H2,1-5H3,(H,29,32)/t19-/m1/s1. The predicted octanol–water partition coefficient (Wildman–Crippen LogP) is 5.62. The van der Waals surface area contributed by atoms with Crippen molar-refractivity contribution < 1.29 is 14.3 Å². The number of benzene rings is 3. The van der Waals surface area contributed by atoms with Crippen LogP contribution >= 0.6 is 15.9 Å². The SMILES string of the molecule is Cc1cccc(CN(C(=O)COc2ccc3ccccc3c2Br)[C@H](C)C(=O)NC(C)(C)C)c1. The molecule has 3 aromatic carbocycles. The van der Waals surface area contributed by atoms with Gasteiger partial charge in [-0.2, -0.15) is 0 Å². The van der Waals surface area contributed by atoms with E-state index < -0.39 is 11.6 Å². The second kappa shape index (κ2) is 10.4. The summed E-state index contributed by atoms with van der Waals surface area (Å²) in [5, 5.41) is 5.06. The van der Waals surface area contributed by atoms with Crippen LogP contribution in [0, 0.1) is 6.92 Å². The topological polar surface area (TPSA) is 58.6 Å². The number of amides is 2. The zero-order valence-electron chi connectivity index (χ0n) is 19.8. The number of hydrogen-bond acceptors (Lipinski definition) is 3. The second-order valence-electron chi connectivity index (χ2n) is 9.31. The molecule has 0 spiro atoms. The van der Waals surface area contributed by atoms with Crippen molar-refractivity contribution in [3.8, 4) is 5.75 Å². The van der Waals surface area contributed by atoms with Gasteiger partial charge in [0.15, 0.2) is 6.61 Å². The molecule has 3 rings (SSSR count). The lowest BCUT2D eigenvalue weighted by Crippen LogP contribution is -2.53. The molecule has 0 aliphatic carbocycles. The van der Waals surface area contributed by atoms with Gasteiger partial charge in [0.1, 0.15) is 11.8 Å². The van der Waals surface area contributed by atoms with Crippen LogP contribution in [0.1, 0.15) is 38.8 Å². The number of carbonyl (C=O) groups excluding carboxylic acids is 2. The monoisotopic (exact) mass is 510 g/mol. The maximum Gasteiger partial charge on any atom is 0.261 e. The molecule has 0 aliphatic heterocycles. The first kappa shape index (κ1) is 24.8. The first-order valence-corrected chi connectivity index (χ1v) is 11.8. The summed E-state index contributed by atoms with van der Waals surface area (Å²) in [6, 6.07) is 19.1. The van der Waals surface area contributed by atoms with E-state index in [2.05, 4.69) is 21.2 Å². The predicted molar refractivity (Wildman–Crippen MR) is 136 cm³/mol. The van der Waals surface area contributed by atoms with Crippen LogP contribution in [0.3, 0.4) is 0 Å². The highest BCUT2D eigenvalue weighted by molar-refractivity contribution is 9.10. The van der Waals surface area contributed by atoms with Gasteiger partial charge in [0, 0.05) is 12.1 Å². The maximum absolute atomic E-state index is 13.3. The summed E-state index contributed by atoms with van der Waals surface area (Å²) in [7, 11) is 0. The van der Waals surface area contributed by atoms with Gasteiger partial charge in [0.05, 0.1) is 4.47 Å². The molecule has 2 amide bonds. The van der Waals surface area contributed by atoms with Crippen molar-refractivity contribution in [2.45, 2.75) is 52.7 Å². The van der Waals surface area contributed by atoms with Crippen molar-refractivity contribution in [3.63, 3.8) is 0 Å². The van der Waals surface area contributed by atoms with Crippen molar-refractivity contribution >= 4 is 38.5 Å². The van der Waals surface area contributed by atoms with E-state index in [0.717, 1.165) is 26.4 Å². The molecule has 0 unspecified atom stereocenters. The molecule has 0 radical (unpaired) electrons. The summed E-state index contributed by atoms with van der Waals surface area (Å²) in [6.07, 6.45) is 0. The molecule has 1 N–H and O–H groups in total. The number of nitrogens with one attached hydrogen (secondary N) is 1. The van der Waals surface area contributed by atoms with Gasteiger partial charge in [0.2, 0.25) is 5.91 Å². The number of fused-ring (bicyclic) bond motifs is 1. The van der Waals surface area contributed by atoms with Crippen molar-refractivity contribution in [1.29, 1.82) is 0 Å². The molecule has 6 heteroatoms. The van der Waals surface area contributed by atoms with Crippen LogP contribution in [0.15, 0.2) is 65.1 Å². The van der Waals surface area contributed by atoms with Crippen molar-refractivity contribution in [2.75, 3.05) is 6.61 Å². The Balaban J connectivity index is 1.81. The molecule has 174 valence electrons. The lowest BCUT2D eigenvalue weighted by Gasteiger charge is -2.31. The van der Waals surface area contributed by atoms with E-state index in [1.54, 1.807) is 11.8 Å². The van der Waals surface area contributed by atoms with E-state index in [-0.39, 0.29) is 18.4 Å². The number of aryl methyl sites for hydroxylation is 1. The van der Waals surface area contributed by atoms with Crippen molar-refractivity contribution in [2.24, 2.45) is 0 Å². The fourth-order valence-corrected chi connectivity index (χ4v) is 4.22. The fourth-order valence-electron chi connectivity index (χ4n) is 3.61. The molecule has 33 heavy (non-hydrogen) atoms. The quantitative estimate of drug-likeness (QED) is 0.448. The molecule has 0 aliphatic rings. The Bertz CT molecular complexity index is 1150. The van der Waals surface area contributed by atoms with E-state index in [4.69, 9.17) is 4.74 Å². The summed E-state index contributed by atoms with van der Waals surface area (Å²) in [4.78, 5) is 27.8. The highest BCUT2D eigenvalue weighted by Crippen LogP contribution is 2.33. The van der Waals surface area contributed by atoms with Crippen molar-refractivity contribution in [3.05, 3.63) is 76.3 Å². The van der Waals surface area contributed by atoms with Gasteiger partial charge in [-0.1, -0.05) is 60.2 Å². The molecule has 0 saturated heterocycles. The molecule has 5 nitrogen and oxygen atoms in total. The summed E-state index contributed by atoms with van der Waals surface area (Å²) in [5.74, 6) is 0.132. The van der Waals surface area contributed by atoms with Gasteiger partial charge >= 0.3 is 0 Å². The number of halogens is 1. The molecule has 0 fully saturated rings. The second-order valence-corrected chi connectivity index (χ2v) is 10.1. The highest BCUT2D eigenvalue weighted by atomic mass is 79.9. The average Bonchev–Trinajstić information content (AvgIpc) is 2.75. The van der Waals surface area contributed by atoms with E-state index in [1.807, 2.05) is 88.4 Å². The molecule has 1 atom stereocenters. The summed E-state index contributed by atoms with van der Waals surface area (Å²) < 4.78 is 6.71. The van der Waals surface area contributed by atoms with Gasteiger partial charge in [0.25, 0.3) is 5.91 Å². The largest absolute Gasteiger partial charge is 0.483 e. The Morgan fingerprint density at radius 2 is 1.79 bits per heavy atom. The number of ether oxygens (including phenoxy) is 1. The van der Waals surface area contributed by atoms with E-state index in [9.17, 15) is 9.59 Å². The van der Waals surface area contributed by atoms with Gasteiger partial charge in [-0.15, -0.1) is 0 Å². The van der Waals surface area contributed by atoms with E-state index in [0.29, 0.717) is 12.3 Å². The van der Waals surface area contributed by atoms with Gasteiger partial charge < -0.3 is 15.0 Å². The third-order valence-corrected chi connectivity index (χ3v) is 6.10. The highest BCUT2D eigenvalue weighted by Gasteiger charge is 2.28. The Labute approximate surface area is 204 Å². The molecule has 3 aromatic rings. The average molecular weight is 511 g/mol. The first-order chi connectivity index (χ1) is 15.5. The molecule has 0 bridgehead atoms. The fraction of sp³-hybridized carbons (Fsp3) is 0.333. The molecular weight excluding hydrogens is 480 g/mol. The first-order valence-electron chi connectivity index (χ1n) is 11.0. The maximum atomic E-state index is 13.3. The zero-order chi connectivity index (χ0) is 24.2. The Morgan fingerprint density at radius 3 is 2.48 bits per heavy atom. The van der Waals surface area contributed by atoms with Crippen LogP contribution in [-0.2, 0) is 16.1 Å². The van der Waals surface area contributed by atoms with Crippen LogP contribution in [-0.4, -0.2) is 34.9 Å². The molecule has 0 saturated carbocycles. The Hall–Kier alpha value is -2.86. The third-order valence-electron chi connectivity index (χ3n) is 5.28. The lowest BCUT2D eigenvalue weighted by molar-refractivity contribution is -0.142. The third kappa shape index (κ3) is 6.57. The van der Waals surface area contributed by atoms with Gasteiger partial charge in [-0.05, 0) is 73.0 Å². The minimum atomic E-state index is -0.652. The van der Waals surface area contributed by atoms with Crippen LogP contribution in [0.25, 0.3) is 10.8 Å². The van der Waals surface area contributed by atoms with Gasteiger partial charge in [-0.3, -0.25) is 9.59 Å². The summed E-state index contributed by atoms with van der Waals surface area (Å²) in [6.45, 7) is 9.67. The minimum absolute atomic E-state index is 0.171.